The largest absolute Gasteiger partial charge is 0.384 e. The lowest BCUT2D eigenvalue weighted by Crippen LogP contribution is -2.38. The van der Waals surface area contributed by atoms with E-state index in [0.717, 1.165) is 6.07 Å². The topological polar surface area (TPSA) is 92.5 Å². The van der Waals surface area contributed by atoms with E-state index < -0.39 is 22.2 Å². The van der Waals surface area contributed by atoms with Gasteiger partial charge >= 0.3 is 0 Å². The van der Waals surface area contributed by atoms with Crippen molar-refractivity contribution in [2.45, 2.75) is 12.5 Å². The molecular weight excluding hydrogens is 303 g/mol. The Labute approximate surface area is 131 Å². The van der Waals surface area contributed by atoms with Crippen LogP contribution >= 0.6 is 0 Å². The van der Waals surface area contributed by atoms with Crippen molar-refractivity contribution >= 4 is 11.6 Å². The van der Waals surface area contributed by atoms with Crippen molar-refractivity contribution in [3.05, 3.63) is 75.6 Å². The van der Waals surface area contributed by atoms with E-state index >= 15 is 0 Å². The number of aliphatic hydroxyl groups is 1. The van der Waals surface area contributed by atoms with E-state index in [4.69, 9.17) is 0 Å². The first kappa shape index (κ1) is 16.6. The van der Waals surface area contributed by atoms with Gasteiger partial charge in [0.1, 0.15) is 11.4 Å². The molecule has 7 heteroatoms. The molecule has 6 nitrogen and oxygen atoms in total. The summed E-state index contributed by atoms with van der Waals surface area (Å²) in [6.07, 6.45) is 0. The Hall–Kier alpha value is -2.80. The molecule has 1 amide bonds. The Morgan fingerprint density at radius 3 is 2.57 bits per heavy atom. The number of rotatable bonds is 5. The zero-order valence-corrected chi connectivity index (χ0v) is 12.3. The van der Waals surface area contributed by atoms with Gasteiger partial charge in [-0.05, 0) is 30.7 Å². The van der Waals surface area contributed by atoms with E-state index in [2.05, 4.69) is 5.32 Å². The summed E-state index contributed by atoms with van der Waals surface area (Å²) in [5.41, 5.74) is -1.03. The number of hydrogen-bond donors (Lipinski definition) is 2. The molecule has 2 rings (SSSR count). The van der Waals surface area contributed by atoms with Crippen LogP contribution < -0.4 is 5.32 Å². The molecule has 0 aliphatic heterocycles. The normalized spacial score (nSPS) is 13.2. The minimum Gasteiger partial charge on any atom is -0.384 e. The third kappa shape index (κ3) is 4.10. The maximum Gasteiger partial charge on any atom is 0.270 e. The Bertz CT molecular complexity index is 729. The number of hydrogen-bond acceptors (Lipinski definition) is 4. The standard InChI is InChI=1S/C16H15FN2O4/c1-16(21,12-5-7-13(17)8-6-12)10-18-15(20)11-3-2-4-14(9-11)19(22)23/h2-9,21H,10H2,1H3,(H,18,20). The Morgan fingerprint density at radius 2 is 1.96 bits per heavy atom. The van der Waals surface area contributed by atoms with Gasteiger partial charge in [-0.25, -0.2) is 4.39 Å². The number of halogens is 1. The average Bonchev–Trinajstić information content (AvgIpc) is 2.53. The average molecular weight is 318 g/mol. The molecule has 0 spiro atoms. The number of non-ortho nitro benzene ring substituents is 1. The summed E-state index contributed by atoms with van der Waals surface area (Å²) in [7, 11) is 0. The summed E-state index contributed by atoms with van der Waals surface area (Å²) in [5.74, 6) is -0.971. The Kier molecular flexibility index (Phi) is 4.71. The second-order valence-electron chi connectivity index (χ2n) is 5.27. The summed E-state index contributed by atoms with van der Waals surface area (Å²) < 4.78 is 12.9. The van der Waals surface area contributed by atoms with Gasteiger partial charge in [0.25, 0.3) is 11.6 Å². The smallest absolute Gasteiger partial charge is 0.270 e. The molecule has 0 saturated carbocycles. The summed E-state index contributed by atoms with van der Waals surface area (Å²) in [6, 6.07) is 10.6. The van der Waals surface area contributed by atoms with Crippen LogP contribution in [0.5, 0.6) is 0 Å². The summed E-state index contributed by atoms with van der Waals surface area (Å²) in [4.78, 5) is 22.2. The lowest BCUT2D eigenvalue weighted by molar-refractivity contribution is -0.384. The summed E-state index contributed by atoms with van der Waals surface area (Å²) in [5, 5.41) is 23.6. The number of nitro benzene ring substituents is 1. The molecule has 0 bridgehead atoms. The molecule has 0 saturated heterocycles. The number of amides is 1. The van der Waals surface area contributed by atoms with E-state index in [0.29, 0.717) is 5.56 Å². The van der Waals surface area contributed by atoms with Crippen molar-refractivity contribution in [3.63, 3.8) is 0 Å². The molecule has 0 radical (unpaired) electrons. The van der Waals surface area contributed by atoms with Crippen LogP contribution in [-0.2, 0) is 5.60 Å². The molecule has 0 fully saturated rings. The minimum atomic E-state index is -1.40. The number of carbonyl (C=O) groups excluding carboxylic acids is 1. The molecule has 1 atom stereocenters. The van der Waals surface area contributed by atoms with Gasteiger partial charge in [0, 0.05) is 17.7 Å². The highest BCUT2D eigenvalue weighted by atomic mass is 19.1. The summed E-state index contributed by atoms with van der Waals surface area (Å²) >= 11 is 0. The van der Waals surface area contributed by atoms with Gasteiger partial charge in [-0.15, -0.1) is 0 Å². The second kappa shape index (κ2) is 6.53. The molecule has 0 aliphatic carbocycles. The fraction of sp³-hybridized carbons (Fsp3) is 0.188. The van der Waals surface area contributed by atoms with Crippen molar-refractivity contribution < 1.29 is 19.2 Å². The number of nitrogens with zero attached hydrogens (tertiary/aromatic N) is 1. The third-order valence-corrected chi connectivity index (χ3v) is 3.38. The maximum atomic E-state index is 12.9. The minimum absolute atomic E-state index is 0.120. The van der Waals surface area contributed by atoms with Crippen molar-refractivity contribution in [1.29, 1.82) is 0 Å². The number of carbonyl (C=O) groups is 1. The van der Waals surface area contributed by atoms with Gasteiger partial charge in [-0.1, -0.05) is 18.2 Å². The predicted molar refractivity (Wildman–Crippen MR) is 81.4 cm³/mol. The lowest BCUT2D eigenvalue weighted by Gasteiger charge is -2.24. The van der Waals surface area contributed by atoms with Crippen molar-refractivity contribution in [2.24, 2.45) is 0 Å². The SMILES string of the molecule is CC(O)(CNC(=O)c1cccc([N+](=O)[O-])c1)c1ccc(F)cc1. The second-order valence-corrected chi connectivity index (χ2v) is 5.27. The predicted octanol–water partition coefficient (Wildman–Crippen LogP) is 2.37. The number of nitro groups is 1. The van der Waals surface area contributed by atoms with Gasteiger partial charge in [-0.3, -0.25) is 14.9 Å². The van der Waals surface area contributed by atoms with Crippen LogP contribution in [0.3, 0.4) is 0 Å². The van der Waals surface area contributed by atoms with Crippen LogP contribution in [0.15, 0.2) is 48.5 Å². The molecule has 2 N–H and O–H groups in total. The third-order valence-electron chi connectivity index (χ3n) is 3.38. The van der Waals surface area contributed by atoms with Crippen LogP contribution in [-0.4, -0.2) is 22.5 Å². The Morgan fingerprint density at radius 1 is 1.30 bits per heavy atom. The van der Waals surface area contributed by atoms with Crippen molar-refractivity contribution in [3.8, 4) is 0 Å². The molecule has 2 aromatic rings. The molecule has 0 aromatic heterocycles. The maximum absolute atomic E-state index is 12.9. The Balaban J connectivity index is 2.07. The van der Waals surface area contributed by atoms with E-state index in [9.17, 15) is 24.4 Å². The highest BCUT2D eigenvalue weighted by Gasteiger charge is 2.24. The van der Waals surface area contributed by atoms with E-state index in [1.807, 2.05) is 0 Å². The van der Waals surface area contributed by atoms with Gasteiger partial charge in [0.15, 0.2) is 0 Å². The molecule has 23 heavy (non-hydrogen) atoms. The van der Waals surface area contributed by atoms with E-state index in [-0.39, 0.29) is 17.8 Å². The quantitative estimate of drug-likeness (QED) is 0.654. The van der Waals surface area contributed by atoms with E-state index in [1.165, 1.54) is 49.4 Å². The molecule has 0 heterocycles. The molecule has 120 valence electrons. The van der Waals surface area contributed by atoms with Crippen LogP contribution in [0.2, 0.25) is 0 Å². The monoisotopic (exact) mass is 318 g/mol. The molecule has 0 aliphatic rings. The lowest BCUT2D eigenvalue weighted by atomic mass is 9.96. The van der Waals surface area contributed by atoms with Gasteiger partial charge in [0.05, 0.1) is 11.5 Å². The highest BCUT2D eigenvalue weighted by molar-refractivity contribution is 5.94. The number of nitrogens with one attached hydrogen (secondary N) is 1. The zero-order chi connectivity index (χ0) is 17.0. The molecule has 2 aromatic carbocycles. The number of benzene rings is 2. The van der Waals surface area contributed by atoms with Crippen LogP contribution in [0.4, 0.5) is 10.1 Å². The molecule has 1 unspecified atom stereocenters. The fourth-order valence-electron chi connectivity index (χ4n) is 2.03. The highest BCUT2D eigenvalue weighted by Crippen LogP contribution is 2.20. The fourth-order valence-corrected chi connectivity index (χ4v) is 2.03. The first-order valence-corrected chi connectivity index (χ1v) is 6.81. The van der Waals surface area contributed by atoms with Crippen LogP contribution in [0, 0.1) is 15.9 Å². The molecular formula is C16H15FN2O4. The van der Waals surface area contributed by atoms with E-state index in [1.54, 1.807) is 0 Å². The van der Waals surface area contributed by atoms with Gasteiger partial charge < -0.3 is 10.4 Å². The van der Waals surface area contributed by atoms with Crippen LogP contribution in [0.1, 0.15) is 22.8 Å². The van der Waals surface area contributed by atoms with Crippen molar-refractivity contribution in [2.75, 3.05) is 6.54 Å². The van der Waals surface area contributed by atoms with Gasteiger partial charge in [0.2, 0.25) is 0 Å². The summed E-state index contributed by atoms with van der Waals surface area (Å²) in [6.45, 7) is 1.36. The first-order chi connectivity index (χ1) is 10.8. The zero-order valence-electron chi connectivity index (χ0n) is 12.3. The van der Waals surface area contributed by atoms with Crippen LogP contribution in [0.25, 0.3) is 0 Å². The van der Waals surface area contributed by atoms with Crippen molar-refractivity contribution in [1.82, 2.24) is 5.32 Å². The van der Waals surface area contributed by atoms with Gasteiger partial charge in [-0.2, -0.15) is 0 Å². The first-order valence-electron chi connectivity index (χ1n) is 6.81.